The fraction of sp³-hybridized carbons (Fsp3) is 0.273. The predicted molar refractivity (Wildman–Crippen MR) is 57.1 cm³/mol. The van der Waals surface area contributed by atoms with Gasteiger partial charge in [0.1, 0.15) is 5.69 Å². The molecular weight excluding hydrogens is 190 g/mol. The van der Waals surface area contributed by atoms with Gasteiger partial charge in [0.15, 0.2) is 5.76 Å². The molecule has 0 aliphatic rings. The summed E-state index contributed by atoms with van der Waals surface area (Å²) in [5.74, 6) is 0.712. The number of pyridine rings is 1. The Labute approximate surface area is 88.3 Å². The molecule has 4 nitrogen and oxygen atoms in total. The Hall–Kier alpha value is -1.68. The molecule has 0 bridgehead atoms. The molecule has 2 heterocycles. The van der Waals surface area contributed by atoms with Gasteiger partial charge in [-0.3, -0.25) is 4.98 Å². The highest BCUT2D eigenvalue weighted by atomic mass is 16.5. The third-order valence-corrected chi connectivity index (χ3v) is 2.03. The topological polar surface area (TPSA) is 51.0 Å². The molecule has 0 radical (unpaired) electrons. The van der Waals surface area contributed by atoms with Crippen molar-refractivity contribution in [3.63, 3.8) is 0 Å². The highest BCUT2D eigenvalue weighted by molar-refractivity contribution is 5.51. The Kier molecular flexibility index (Phi) is 3.09. The van der Waals surface area contributed by atoms with E-state index in [4.69, 9.17) is 4.52 Å². The van der Waals surface area contributed by atoms with Gasteiger partial charge < -0.3 is 9.84 Å². The van der Waals surface area contributed by atoms with Crippen LogP contribution in [0.1, 0.15) is 12.6 Å². The van der Waals surface area contributed by atoms with Crippen molar-refractivity contribution in [3.05, 3.63) is 36.2 Å². The molecule has 78 valence electrons. The van der Waals surface area contributed by atoms with Gasteiger partial charge in [-0.1, -0.05) is 18.1 Å². The second-order valence-electron chi connectivity index (χ2n) is 3.18. The summed E-state index contributed by atoms with van der Waals surface area (Å²) in [6.07, 6.45) is 1.74. The van der Waals surface area contributed by atoms with Crippen molar-refractivity contribution in [1.82, 2.24) is 15.5 Å². The maximum atomic E-state index is 5.20. The fourth-order valence-corrected chi connectivity index (χ4v) is 1.28. The summed E-state index contributed by atoms with van der Waals surface area (Å²) < 4.78 is 5.20. The molecule has 2 rings (SSSR count). The minimum absolute atomic E-state index is 0.712. The van der Waals surface area contributed by atoms with E-state index in [-0.39, 0.29) is 0 Å². The van der Waals surface area contributed by atoms with E-state index in [1.807, 2.05) is 24.3 Å². The minimum Gasteiger partial charge on any atom is -0.354 e. The van der Waals surface area contributed by atoms with Crippen LogP contribution in [0.5, 0.6) is 0 Å². The van der Waals surface area contributed by atoms with Crippen LogP contribution in [0.2, 0.25) is 0 Å². The molecule has 15 heavy (non-hydrogen) atoms. The van der Waals surface area contributed by atoms with Crippen molar-refractivity contribution in [2.24, 2.45) is 0 Å². The first-order chi connectivity index (χ1) is 7.40. The van der Waals surface area contributed by atoms with E-state index in [1.165, 1.54) is 0 Å². The van der Waals surface area contributed by atoms with Gasteiger partial charge in [0.05, 0.1) is 5.69 Å². The quantitative estimate of drug-likeness (QED) is 0.823. The summed E-state index contributed by atoms with van der Waals surface area (Å²) in [4.78, 5) is 4.19. The lowest BCUT2D eigenvalue weighted by Crippen LogP contribution is -2.11. The van der Waals surface area contributed by atoms with E-state index in [9.17, 15) is 0 Å². The van der Waals surface area contributed by atoms with Gasteiger partial charge in [-0.05, 0) is 18.7 Å². The van der Waals surface area contributed by atoms with Gasteiger partial charge in [0.2, 0.25) is 0 Å². The van der Waals surface area contributed by atoms with Crippen LogP contribution < -0.4 is 5.32 Å². The molecule has 0 aromatic carbocycles. The number of nitrogens with zero attached hydrogens (tertiary/aromatic N) is 2. The molecule has 0 unspecified atom stereocenters. The molecule has 0 aliphatic carbocycles. The molecule has 0 aliphatic heterocycles. The zero-order chi connectivity index (χ0) is 10.5. The fourth-order valence-electron chi connectivity index (χ4n) is 1.28. The Morgan fingerprint density at radius 2 is 2.33 bits per heavy atom. The summed E-state index contributed by atoms with van der Waals surface area (Å²) >= 11 is 0. The number of nitrogens with one attached hydrogen (secondary N) is 1. The van der Waals surface area contributed by atoms with E-state index in [0.29, 0.717) is 5.76 Å². The summed E-state index contributed by atoms with van der Waals surface area (Å²) in [6.45, 7) is 3.71. The lowest BCUT2D eigenvalue weighted by Gasteiger charge is -1.93. The van der Waals surface area contributed by atoms with Crippen LogP contribution in [0.4, 0.5) is 0 Å². The van der Waals surface area contributed by atoms with Crippen LogP contribution in [-0.4, -0.2) is 16.7 Å². The second-order valence-corrected chi connectivity index (χ2v) is 3.18. The molecule has 0 saturated heterocycles. The van der Waals surface area contributed by atoms with Gasteiger partial charge in [-0.2, -0.15) is 0 Å². The smallest absolute Gasteiger partial charge is 0.185 e. The van der Waals surface area contributed by atoms with Crippen LogP contribution in [-0.2, 0) is 6.54 Å². The average molecular weight is 203 g/mol. The van der Waals surface area contributed by atoms with E-state index in [0.717, 1.165) is 24.5 Å². The molecule has 0 spiro atoms. The highest BCUT2D eigenvalue weighted by Crippen LogP contribution is 2.16. The first-order valence-corrected chi connectivity index (χ1v) is 4.98. The van der Waals surface area contributed by atoms with E-state index in [1.54, 1.807) is 6.20 Å². The first-order valence-electron chi connectivity index (χ1n) is 4.98. The van der Waals surface area contributed by atoms with Gasteiger partial charge >= 0.3 is 0 Å². The summed E-state index contributed by atoms with van der Waals surface area (Å²) in [6, 6.07) is 7.61. The average Bonchev–Trinajstić information content (AvgIpc) is 2.76. The molecular formula is C11H13N3O. The summed E-state index contributed by atoms with van der Waals surface area (Å²) in [7, 11) is 0. The lowest BCUT2D eigenvalue weighted by molar-refractivity contribution is 0.419. The third-order valence-electron chi connectivity index (χ3n) is 2.03. The minimum atomic E-state index is 0.712. The van der Waals surface area contributed by atoms with Crippen molar-refractivity contribution < 1.29 is 4.52 Å². The number of rotatable bonds is 4. The van der Waals surface area contributed by atoms with Gasteiger partial charge in [0.25, 0.3) is 0 Å². The maximum Gasteiger partial charge on any atom is 0.185 e. The Bertz CT molecular complexity index is 411. The molecule has 1 N–H and O–H groups in total. The van der Waals surface area contributed by atoms with Crippen molar-refractivity contribution in [1.29, 1.82) is 0 Å². The highest BCUT2D eigenvalue weighted by Gasteiger charge is 2.06. The Morgan fingerprint density at radius 3 is 3.07 bits per heavy atom. The second kappa shape index (κ2) is 4.70. The zero-order valence-corrected chi connectivity index (χ0v) is 8.60. The molecule has 0 atom stereocenters. The van der Waals surface area contributed by atoms with Gasteiger partial charge in [-0.25, -0.2) is 0 Å². The van der Waals surface area contributed by atoms with Crippen LogP contribution in [0.3, 0.4) is 0 Å². The molecule has 4 heteroatoms. The summed E-state index contributed by atoms with van der Waals surface area (Å²) in [5.41, 5.74) is 1.71. The molecule has 0 saturated carbocycles. The Balaban J connectivity index is 2.14. The van der Waals surface area contributed by atoms with Crippen LogP contribution in [0.25, 0.3) is 11.5 Å². The van der Waals surface area contributed by atoms with Crippen molar-refractivity contribution >= 4 is 0 Å². The molecule has 0 amide bonds. The predicted octanol–water partition coefficient (Wildman–Crippen LogP) is 1.85. The number of hydrogen-bond donors (Lipinski definition) is 1. The molecule has 0 fully saturated rings. The van der Waals surface area contributed by atoms with Crippen molar-refractivity contribution in [3.8, 4) is 11.5 Å². The van der Waals surface area contributed by atoms with E-state index < -0.39 is 0 Å². The van der Waals surface area contributed by atoms with E-state index in [2.05, 4.69) is 22.4 Å². The largest absolute Gasteiger partial charge is 0.354 e. The van der Waals surface area contributed by atoms with Gasteiger partial charge in [-0.15, -0.1) is 0 Å². The third kappa shape index (κ3) is 2.41. The van der Waals surface area contributed by atoms with Gasteiger partial charge in [0, 0.05) is 18.8 Å². The first kappa shape index (κ1) is 9.86. The van der Waals surface area contributed by atoms with Crippen LogP contribution in [0.15, 0.2) is 35.0 Å². The summed E-state index contributed by atoms with van der Waals surface area (Å²) in [5, 5.41) is 7.14. The normalized spacial score (nSPS) is 10.5. The SMILES string of the molecule is CCNCc1cc(-c2ccccn2)on1. The van der Waals surface area contributed by atoms with Crippen molar-refractivity contribution in [2.75, 3.05) is 6.54 Å². The Morgan fingerprint density at radius 1 is 1.40 bits per heavy atom. The standard InChI is InChI=1S/C11H13N3O/c1-2-12-8-9-7-11(15-14-9)10-5-3-4-6-13-10/h3-7,12H,2,8H2,1H3. The molecule has 2 aromatic heterocycles. The molecule has 2 aromatic rings. The maximum absolute atomic E-state index is 5.20. The van der Waals surface area contributed by atoms with E-state index >= 15 is 0 Å². The lowest BCUT2D eigenvalue weighted by atomic mass is 10.2. The number of hydrogen-bond acceptors (Lipinski definition) is 4. The van der Waals surface area contributed by atoms with Crippen molar-refractivity contribution in [2.45, 2.75) is 13.5 Å². The zero-order valence-electron chi connectivity index (χ0n) is 8.60. The monoisotopic (exact) mass is 203 g/mol. The van der Waals surface area contributed by atoms with Crippen LogP contribution >= 0.6 is 0 Å². The van der Waals surface area contributed by atoms with Crippen LogP contribution in [0, 0.1) is 0 Å². The number of aromatic nitrogens is 2.